The van der Waals surface area contributed by atoms with Crippen LogP contribution in [0.15, 0.2) is 17.1 Å². The Morgan fingerprint density at radius 3 is 2.64 bits per heavy atom. The normalized spacial score (nSPS) is 19.3. The van der Waals surface area contributed by atoms with Crippen LogP contribution in [0, 0.1) is 0 Å². The van der Waals surface area contributed by atoms with Gasteiger partial charge >= 0.3 is 5.69 Å². The first-order chi connectivity index (χ1) is 18.8. The number of ether oxygens (including phenoxy) is 1. The highest BCUT2D eigenvalue weighted by molar-refractivity contribution is 8.76. The molecule has 0 radical (unpaired) electrons. The number of Topliss-reactive ketones (excluding diaryl/α,β-unsaturated/α-hetero) is 1. The zero-order chi connectivity index (χ0) is 28.5. The molecule has 1 saturated heterocycles. The molecule has 3 N–H and O–H groups in total. The van der Waals surface area contributed by atoms with E-state index in [0.717, 1.165) is 19.3 Å². The molecule has 2 rings (SSSR count). The molecule has 16 heteroatoms. The number of anilines is 1. The van der Waals surface area contributed by atoms with E-state index < -0.39 is 24.1 Å². The van der Waals surface area contributed by atoms with Crippen molar-refractivity contribution in [3.05, 3.63) is 22.7 Å². The summed E-state index contributed by atoms with van der Waals surface area (Å²) in [5, 5.41) is 15.7. The summed E-state index contributed by atoms with van der Waals surface area (Å²) in [5.41, 5.74) is -0.574. The van der Waals surface area contributed by atoms with Crippen molar-refractivity contribution in [2.45, 2.75) is 76.7 Å². The van der Waals surface area contributed by atoms with E-state index in [9.17, 15) is 24.3 Å². The predicted octanol–water partition coefficient (Wildman–Crippen LogP) is 3.64. The van der Waals surface area contributed by atoms with Crippen LogP contribution in [0.25, 0.3) is 0 Å². The summed E-state index contributed by atoms with van der Waals surface area (Å²) in [5.74, 6) is 1.39. The molecule has 0 saturated carbocycles. The first-order valence-electron chi connectivity index (χ1n) is 12.9. The van der Waals surface area contributed by atoms with Crippen molar-refractivity contribution in [2.75, 3.05) is 30.0 Å². The number of ketones is 1. The molecular formula is C23H39N4O7P3S2. The number of rotatable bonds is 20. The lowest BCUT2D eigenvalue weighted by atomic mass is 10.1. The molecule has 1 aliphatic rings. The molecule has 11 nitrogen and oxygen atoms in total. The van der Waals surface area contributed by atoms with E-state index in [2.05, 4.69) is 24.5 Å². The number of aliphatic hydroxyl groups excluding tert-OH is 1. The van der Waals surface area contributed by atoms with E-state index in [0.29, 0.717) is 53.8 Å². The van der Waals surface area contributed by atoms with E-state index in [-0.39, 0.29) is 42.9 Å². The van der Waals surface area contributed by atoms with Gasteiger partial charge in [-0.25, -0.2) is 4.79 Å². The van der Waals surface area contributed by atoms with E-state index in [1.807, 2.05) is 6.92 Å². The van der Waals surface area contributed by atoms with Crippen molar-refractivity contribution in [1.29, 1.82) is 0 Å². The number of unbranched alkanes of at least 4 members (excludes halogenated alkanes) is 2. The molecule has 39 heavy (non-hydrogen) atoms. The molecule has 6 atom stereocenters. The average molecular weight is 641 g/mol. The molecule has 220 valence electrons. The van der Waals surface area contributed by atoms with Gasteiger partial charge in [0.1, 0.15) is 23.9 Å². The molecule has 0 aromatic carbocycles. The fourth-order valence-corrected chi connectivity index (χ4v) is 7.17. The maximum absolute atomic E-state index is 12.5. The van der Waals surface area contributed by atoms with Gasteiger partial charge < -0.3 is 25.0 Å². The van der Waals surface area contributed by atoms with Crippen LogP contribution in [0.1, 0.15) is 64.5 Å². The lowest BCUT2D eigenvalue weighted by molar-refractivity contribution is -0.121. The van der Waals surface area contributed by atoms with Gasteiger partial charge in [-0.2, -0.15) is 4.98 Å². The summed E-state index contributed by atoms with van der Waals surface area (Å²) in [6, 6.07) is 1.53. The van der Waals surface area contributed by atoms with Crippen molar-refractivity contribution >= 4 is 70.4 Å². The zero-order valence-electron chi connectivity index (χ0n) is 22.1. The van der Waals surface area contributed by atoms with Gasteiger partial charge in [0.15, 0.2) is 0 Å². The third kappa shape index (κ3) is 14.2. The van der Waals surface area contributed by atoms with Gasteiger partial charge in [-0.3, -0.25) is 19.0 Å². The molecular weight excluding hydrogens is 601 g/mol. The minimum atomic E-state index is -0.734. The molecule has 0 spiro atoms. The van der Waals surface area contributed by atoms with Crippen molar-refractivity contribution in [2.24, 2.45) is 0 Å². The summed E-state index contributed by atoms with van der Waals surface area (Å²) >= 11 is 0. The Balaban J connectivity index is 1.57. The fourth-order valence-electron chi connectivity index (χ4n) is 3.61. The second-order valence-corrected chi connectivity index (χ2v) is 16.3. The molecule has 1 aliphatic heterocycles. The summed E-state index contributed by atoms with van der Waals surface area (Å²) in [6.45, 7) is 2.76. The first-order valence-corrected chi connectivity index (χ1v) is 20.1. The summed E-state index contributed by atoms with van der Waals surface area (Å²) in [7, 11) is 6.57. The van der Waals surface area contributed by atoms with Crippen LogP contribution in [0.5, 0.6) is 0 Å². The van der Waals surface area contributed by atoms with Crippen molar-refractivity contribution < 1.29 is 28.8 Å². The quantitative estimate of drug-likeness (QED) is 0.110. The topological polar surface area (TPSA) is 149 Å². The maximum atomic E-state index is 12.5. The summed E-state index contributed by atoms with van der Waals surface area (Å²) in [4.78, 5) is 51.8. The van der Waals surface area contributed by atoms with Crippen LogP contribution < -0.4 is 16.3 Å². The van der Waals surface area contributed by atoms with Crippen LogP contribution in [-0.2, 0) is 23.6 Å². The average Bonchev–Trinajstić information content (AvgIpc) is 3.27. The monoisotopic (exact) mass is 640 g/mol. The Labute approximate surface area is 242 Å². The molecule has 1 aromatic heterocycles. The molecule has 2 amide bonds. The number of nitrogens with one attached hydrogen (secondary N) is 2. The number of aliphatic hydroxyl groups is 1. The van der Waals surface area contributed by atoms with Gasteiger partial charge in [0.05, 0.1) is 12.7 Å². The third-order valence-corrected chi connectivity index (χ3v) is 10.4. The number of nitrogens with zero attached hydrogens (tertiary/aromatic N) is 2. The Kier molecular flexibility index (Phi) is 18.0. The van der Waals surface area contributed by atoms with E-state index in [1.54, 1.807) is 0 Å². The predicted molar refractivity (Wildman–Crippen MR) is 165 cm³/mol. The minimum absolute atomic E-state index is 0.00367. The van der Waals surface area contributed by atoms with Gasteiger partial charge in [0.2, 0.25) is 11.8 Å². The molecule has 2 heterocycles. The molecule has 0 bridgehead atoms. The van der Waals surface area contributed by atoms with Gasteiger partial charge in [-0.05, 0) is 18.9 Å². The fraction of sp³-hybridized carbons (Fsp3) is 0.696. The smallest absolute Gasteiger partial charge is 0.351 e. The Bertz CT molecular complexity index is 976. The second-order valence-electron chi connectivity index (χ2n) is 8.74. The van der Waals surface area contributed by atoms with Crippen molar-refractivity contribution in [3.63, 3.8) is 0 Å². The van der Waals surface area contributed by atoms with E-state index in [1.165, 1.54) is 38.4 Å². The van der Waals surface area contributed by atoms with Crippen LogP contribution in [0.2, 0.25) is 0 Å². The van der Waals surface area contributed by atoms with Gasteiger partial charge in [0, 0.05) is 64.8 Å². The molecule has 1 fully saturated rings. The number of amides is 2. The number of carbonyl (C=O) groups excluding carboxylic acids is 3. The number of aromatic nitrogens is 2. The zero-order valence-corrected chi connectivity index (χ0v) is 26.8. The molecule has 1 aromatic rings. The molecule has 0 aliphatic carbocycles. The number of hydrogen-bond acceptors (Lipinski definition) is 10. The summed E-state index contributed by atoms with van der Waals surface area (Å²) < 4.78 is 12.5. The van der Waals surface area contributed by atoms with Crippen LogP contribution >= 0.6 is 47.0 Å². The van der Waals surface area contributed by atoms with E-state index in [4.69, 9.17) is 9.26 Å². The highest BCUT2D eigenvalue weighted by Gasteiger charge is 2.35. The van der Waals surface area contributed by atoms with Gasteiger partial charge in [-0.1, -0.05) is 42.9 Å². The first kappa shape index (κ1) is 34.6. The van der Waals surface area contributed by atoms with Crippen LogP contribution in [0.3, 0.4) is 0 Å². The lowest BCUT2D eigenvalue weighted by Crippen LogP contribution is -2.28. The second kappa shape index (κ2) is 20.3. The maximum Gasteiger partial charge on any atom is 0.351 e. The minimum Gasteiger partial charge on any atom is -0.390 e. The largest absolute Gasteiger partial charge is 0.390 e. The number of carbonyl (C=O) groups is 3. The SMILES string of the molecule is CCC(=O)CCCCCNC(=O)CCSSCCC(=O)Nc1ccn([C@H]2CC(O)[C@@H](COPPP)O2)c(=O)n1. The molecule has 4 unspecified atom stereocenters. The standard InChI is InChI=1S/C23H39N4O7P3S2/c1-2-16(28)6-4-3-5-10-24-20(30)8-12-38-39-13-9-21(31)25-19-7-11-27(23(32)26-19)22-14-17(29)18(34-22)15-33-36-37-35/h7,11,17-18,22,29,36-37H,2-6,8-10,12-15,35H2,1H3,(H,24,30)(H,25,26,31,32)/t17?,18-,22-/m1/s1. The summed E-state index contributed by atoms with van der Waals surface area (Å²) in [6.07, 6.45) is 4.42. The Morgan fingerprint density at radius 1 is 1.21 bits per heavy atom. The van der Waals surface area contributed by atoms with Crippen LogP contribution in [0.4, 0.5) is 5.82 Å². The Morgan fingerprint density at radius 2 is 1.95 bits per heavy atom. The van der Waals surface area contributed by atoms with Crippen molar-refractivity contribution in [1.82, 2.24) is 14.9 Å². The lowest BCUT2D eigenvalue weighted by Gasteiger charge is -2.16. The highest BCUT2D eigenvalue weighted by atomic mass is 33.1. The van der Waals surface area contributed by atoms with Gasteiger partial charge in [0.25, 0.3) is 0 Å². The van der Waals surface area contributed by atoms with E-state index >= 15 is 0 Å². The van der Waals surface area contributed by atoms with Crippen molar-refractivity contribution in [3.8, 4) is 0 Å². The Hall–Kier alpha value is -0.640. The number of hydrogen-bond donors (Lipinski definition) is 3. The highest BCUT2D eigenvalue weighted by Crippen LogP contribution is 2.44. The van der Waals surface area contributed by atoms with Gasteiger partial charge in [-0.15, -0.1) is 8.93 Å². The third-order valence-electron chi connectivity index (χ3n) is 5.75. The van der Waals surface area contributed by atoms with Crippen LogP contribution in [-0.4, -0.2) is 69.1 Å².